The van der Waals surface area contributed by atoms with Crippen molar-refractivity contribution in [2.45, 2.75) is 65.6 Å². The van der Waals surface area contributed by atoms with E-state index in [1.54, 1.807) is 50.2 Å². The summed E-state index contributed by atoms with van der Waals surface area (Å²) in [7, 11) is -3.63. The summed E-state index contributed by atoms with van der Waals surface area (Å²) in [6, 6.07) is 9.20. The third kappa shape index (κ3) is 9.36. The van der Waals surface area contributed by atoms with E-state index >= 15 is 0 Å². The predicted molar refractivity (Wildman–Crippen MR) is 152 cm³/mol. The topological polar surface area (TPSA) is 86.8 Å². The van der Waals surface area contributed by atoms with Gasteiger partial charge in [0.1, 0.15) is 6.04 Å². The highest BCUT2D eigenvalue weighted by molar-refractivity contribution is 7.92. The van der Waals surface area contributed by atoms with Gasteiger partial charge in [0.25, 0.3) is 0 Å². The third-order valence-electron chi connectivity index (χ3n) is 5.61. The minimum Gasteiger partial charge on any atom is -0.350 e. The Bertz CT molecular complexity index is 1250. The van der Waals surface area contributed by atoms with E-state index in [1.807, 2.05) is 20.8 Å². The Kier molecular flexibility index (Phi) is 10.7. The fourth-order valence-corrected chi connectivity index (χ4v) is 5.37. The first-order valence-electron chi connectivity index (χ1n) is 11.8. The van der Waals surface area contributed by atoms with Crippen LogP contribution in [0.25, 0.3) is 0 Å². The van der Waals surface area contributed by atoms with E-state index < -0.39 is 21.6 Å². The van der Waals surface area contributed by atoms with E-state index in [0.717, 1.165) is 11.8 Å². The smallest absolute Gasteiger partial charge is 0.242 e. The predicted octanol–water partition coefficient (Wildman–Crippen LogP) is 5.83. The van der Waals surface area contributed by atoms with Gasteiger partial charge in [0.2, 0.25) is 21.8 Å². The molecule has 0 spiro atoms. The van der Waals surface area contributed by atoms with Crippen molar-refractivity contribution in [1.29, 1.82) is 0 Å². The lowest BCUT2D eigenvalue weighted by Crippen LogP contribution is -2.52. The van der Waals surface area contributed by atoms with Crippen LogP contribution in [-0.4, -0.2) is 49.5 Å². The van der Waals surface area contributed by atoms with Crippen LogP contribution < -0.4 is 9.62 Å². The molecule has 0 fully saturated rings. The van der Waals surface area contributed by atoms with Gasteiger partial charge in [0.05, 0.1) is 11.9 Å². The van der Waals surface area contributed by atoms with Crippen molar-refractivity contribution in [3.8, 4) is 0 Å². The molecule has 0 saturated carbocycles. The number of carbonyl (C=O) groups excluding carboxylic acids is 2. The molecule has 1 N–H and O–H groups in total. The first-order valence-corrected chi connectivity index (χ1v) is 14.8. The lowest BCUT2D eigenvalue weighted by atomic mass is 10.1. The molecule has 2 amide bonds. The van der Waals surface area contributed by atoms with E-state index in [1.165, 1.54) is 9.21 Å². The summed E-state index contributed by atoms with van der Waals surface area (Å²) in [5, 5.41) is 4.16. The number of aryl methyl sites for hydroxylation is 1. The van der Waals surface area contributed by atoms with Gasteiger partial charge in [-0.15, -0.1) is 0 Å². The van der Waals surface area contributed by atoms with E-state index in [4.69, 9.17) is 34.8 Å². The first kappa shape index (κ1) is 31.2. The summed E-state index contributed by atoms with van der Waals surface area (Å²) < 4.78 is 26.3. The highest BCUT2D eigenvalue weighted by Gasteiger charge is 2.29. The molecule has 0 heterocycles. The molecule has 0 saturated heterocycles. The molecular weight excluding hydrogens is 557 g/mol. The van der Waals surface area contributed by atoms with Gasteiger partial charge < -0.3 is 10.2 Å². The lowest BCUT2D eigenvalue weighted by Gasteiger charge is -2.32. The number of anilines is 1. The average Bonchev–Trinajstić information content (AvgIpc) is 2.75. The summed E-state index contributed by atoms with van der Waals surface area (Å²) in [5.74, 6) is -0.614. The van der Waals surface area contributed by atoms with Gasteiger partial charge in [-0.3, -0.25) is 13.9 Å². The Hall–Kier alpha value is -2.00. The van der Waals surface area contributed by atoms with Crippen LogP contribution in [0.4, 0.5) is 5.69 Å². The number of nitrogens with zero attached hydrogens (tertiary/aromatic N) is 2. The molecule has 2 rings (SSSR count). The van der Waals surface area contributed by atoms with Gasteiger partial charge in [-0.05, 0) is 76.4 Å². The number of amides is 2. The van der Waals surface area contributed by atoms with E-state index in [0.29, 0.717) is 26.3 Å². The summed E-state index contributed by atoms with van der Waals surface area (Å²) in [6.45, 7) is 9.19. The Balaban J connectivity index is 2.26. The van der Waals surface area contributed by atoms with Crippen molar-refractivity contribution in [3.63, 3.8) is 0 Å². The molecular formula is C26H34Cl3N3O4S. The van der Waals surface area contributed by atoms with Gasteiger partial charge >= 0.3 is 0 Å². The standard InChI is InChI=1S/C26H34Cl3N3O4S/c1-17-9-11-21(28)15-23(17)32(37(6,35)36)13-7-8-24(33)31(18(2)25(34)30-26(3,4)5)16-19-10-12-20(27)14-22(19)29/h9-12,14-15,18H,7-8,13,16H2,1-6H3,(H,30,34). The Morgan fingerprint density at radius 1 is 1.03 bits per heavy atom. The van der Waals surface area contributed by atoms with Crippen LogP contribution >= 0.6 is 34.8 Å². The molecule has 0 radical (unpaired) electrons. The fraction of sp³-hybridized carbons (Fsp3) is 0.462. The molecule has 2 aromatic rings. The Morgan fingerprint density at radius 2 is 1.62 bits per heavy atom. The van der Waals surface area contributed by atoms with Crippen molar-refractivity contribution in [1.82, 2.24) is 10.2 Å². The Labute approximate surface area is 235 Å². The van der Waals surface area contributed by atoms with Crippen LogP contribution in [0.1, 0.15) is 51.7 Å². The van der Waals surface area contributed by atoms with Crippen molar-refractivity contribution in [3.05, 3.63) is 62.6 Å². The minimum atomic E-state index is -3.63. The molecule has 0 bridgehead atoms. The van der Waals surface area contributed by atoms with E-state index in [9.17, 15) is 18.0 Å². The lowest BCUT2D eigenvalue weighted by molar-refractivity contribution is -0.141. The summed E-state index contributed by atoms with van der Waals surface area (Å²) in [6.07, 6.45) is 1.36. The summed E-state index contributed by atoms with van der Waals surface area (Å²) in [5.41, 5.74) is 1.36. The quantitative estimate of drug-likeness (QED) is 0.377. The second-order valence-corrected chi connectivity index (χ2v) is 13.2. The second kappa shape index (κ2) is 12.7. The molecule has 204 valence electrons. The van der Waals surface area contributed by atoms with E-state index in [-0.39, 0.29) is 37.7 Å². The SMILES string of the molecule is Cc1ccc(Cl)cc1N(CCCC(=O)N(Cc1ccc(Cl)cc1Cl)C(C)C(=O)NC(C)(C)C)S(C)(=O)=O. The first-order chi connectivity index (χ1) is 17.0. The van der Waals surface area contributed by atoms with Gasteiger partial charge in [0.15, 0.2) is 0 Å². The minimum absolute atomic E-state index is 0.0178. The number of benzene rings is 2. The molecule has 0 aromatic heterocycles. The number of hydrogen-bond acceptors (Lipinski definition) is 4. The molecule has 11 heteroatoms. The van der Waals surface area contributed by atoms with Crippen LogP contribution in [0.3, 0.4) is 0 Å². The van der Waals surface area contributed by atoms with Crippen molar-refractivity contribution >= 4 is 62.3 Å². The number of halogens is 3. The maximum Gasteiger partial charge on any atom is 0.242 e. The number of nitrogens with one attached hydrogen (secondary N) is 1. The van der Waals surface area contributed by atoms with Gasteiger partial charge in [-0.1, -0.05) is 46.9 Å². The molecule has 37 heavy (non-hydrogen) atoms. The summed E-state index contributed by atoms with van der Waals surface area (Å²) in [4.78, 5) is 27.8. The van der Waals surface area contributed by atoms with Crippen LogP contribution in [0, 0.1) is 6.92 Å². The fourth-order valence-electron chi connectivity index (χ4n) is 3.72. The Morgan fingerprint density at radius 3 is 2.19 bits per heavy atom. The van der Waals surface area contributed by atoms with Crippen molar-refractivity contribution in [2.24, 2.45) is 0 Å². The second-order valence-electron chi connectivity index (χ2n) is 10.0. The molecule has 0 aliphatic heterocycles. The maximum absolute atomic E-state index is 13.4. The zero-order valence-corrected chi connectivity index (χ0v) is 25.0. The molecule has 0 aliphatic rings. The number of rotatable bonds is 10. The van der Waals surface area contributed by atoms with Crippen LogP contribution in [0.5, 0.6) is 0 Å². The monoisotopic (exact) mass is 589 g/mol. The van der Waals surface area contributed by atoms with Gasteiger partial charge in [-0.2, -0.15) is 0 Å². The average molecular weight is 591 g/mol. The molecule has 1 atom stereocenters. The molecule has 7 nitrogen and oxygen atoms in total. The highest BCUT2D eigenvalue weighted by atomic mass is 35.5. The summed E-state index contributed by atoms with van der Waals surface area (Å²) >= 11 is 18.5. The molecule has 0 aliphatic carbocycles. The zero-order chi connectivity index (χ0) is 28.1. The number of hydrogen-bond donors (Lipinski definition) is 1. The number of sulfonamides is 1. The normalized spacial score (nSPS) is 12.7. The molecule has 1 unspecified atom stereocenters. The van der Waals surface area contributed by atoms with Gasteiger partial charge in [0, 0.05) is 40.1 Å². The van der Waals surface area contributed by atoms with Gasteiger partial charge in [-0.25, -0.2) is 8.42 Å². The van der Waals surface area contributed by atoms with Crippen LogP contribution in [-0.2, 0) is 26.2 Å². The third-order valence-corrected chi connectivity index (χ3v) is 7.62. The largest absolute Gasteiger partial charge is 0.350 e. The zero-order valence-electron chi connectivity index (χ0n) is 21.9. The molecule has 2 aromatic carbocycles. The number of carbonyl (C=O) groups is 2. The van der Waals surface area contributed by atoms with Crippen LogP contribution in [0.15, 0.2) is 36.4 Å². The van der Waals surface area contributed by atoms with E-state index in [2.05, 4.69) is 5.32 Å². The maximum atomic E-state index is 13.4. The highest BCUT2D eigenvalue weighted by Crippen LogP contribution is 2.27. The van der Waals surface area contributed by atoms with Crippen molar-refractivity contribution in [2.75, 3.05) is 17.1 Å². The van der Waals surface area contributed by atoms with Crippen molar-refractivity contribution < 1.29 is 18.0 Å². The van der Waals surface area contributed by atoms with Crippen LogP contribution in [0.2, 0.25) is 15.1 Å².